The van der Waals surface area contributed by atoms with Gasteiger partial charge in [-0.15, -0.1) is 11.8 Å². The zero-order valence-corrected chi connectivity index (χ0v) is 9.72. The van der Waals surface area contributed by atoms with Gasteiger partial charge >= 0.3 is 0 Å². The van der Waals surface area contributed by atoms with E-state index in [9.17, 15) is 0 Å². The highest BCUT2D eigenvalue weighted by Gasteiger charge is 2.24. The second-order valence-electron chi connectivity index (χ2n) is 4.58. The molecule has 0 amide bonds. The fourth-order valence-corrected chi connectivity index (χ4v) is 3.57. The zero-order chi connectivity index (χ0) is 10.1. The third kappa shape index (κ3) is 1.93. The van der Waals surface area contributed by atoms with Crippen molar-refractivity contribution in [1.82, 2.24) is 5.32 Å². The van der Waals surface area contributed by atoms with Gasteiger partial charge in [0.25, 0.3) is 0 Å². The highest BCUT2D eigenvalue weighted by atomic mass is 32.2. The normalized spacial score (nSPS) is 24.9. The van der Waals surface area contributed by atoms with Crippen molar-refractivity contribution in [3.05, 3.63) is 29.8 Å². The van der Waals surface area contributed by atoms with Crippen molar-refractivity contribution < 1.29 is 0 Å². The predicted molar refractivity (Wildman–Crippen MR) is 65.5 cm³/mol. The molecule has 1 aromatic rings. The van der Waals surface area contributed by atoms with Crippen LogP contribution < -0.4 is 5.32 Å². The molecule has 0 aromatic heterocycles. The van der Waals surface area contributed by atoms with Crippen LogP contribution in [0.1, 0.15) is 30.7 Å². The summed E-state index contributed by atoms with van der Waals surface area (Å²) in [5.74, 6) is 2.01. The van der Waals surface area contributed by atoms with E-state index < -0.39 is 0 Å². The van der Waals surface area contributed by atoms with Gasteiger partial charge in [0, 0.05) is 29.2 Å². The summed E-state index contributed by atoms with van der Waals surface area (Å²) in [5, 5.41) is 3.69. The molecule has 1 N–H and O–H groups in total. The Kier molecular flexibility index (Phi) is 2.72. The first-order valence-electron chi connectivity index (χ1n) is 5.88. The van der Waals surface area contributed by atoms with Crippen LogP contribution in [0.2, 0.25) is 0 Å². The minimum atomic E-state index is 0.742. The van der Waals surface area contributed by atoms with Crippen molar-refractivity contribution >= 4 is 11.8 Å². The van der Waals surface area contributed by atoms with Crippen molar-refractivity contribution in [3.8, 4) is 0 Å². The van der Waals surface area contributed by atoms with Crippen LogP contribution in [-0.4, -0.2) is 18.3 Å². The van der Waals surface area contributed by atoms with E-state index >= 15 is 0 Å². The second kappa shape index (κ2) is 4.18. The van der Waals surface area contributed by atoms with Crippen LogP contribution in [0.3, 0.4) is 0 Å². The molecule has 0 radical (unpaired) electrons. The van der Waals surface area contributed by atoms with Crippen LogP contribution >= 0.6 is 11.8 Å². The summed E-state index contributed by atoms with van der Waals surface area (Å²) >= 11 is 2.01. The van der Waals surface area contributed by atoms with Crippen molar-refractivity contribution in [1.29, 1.82) is 0 Å². The minimum Gasteiger partial charge on any atom is -0.313 e. The molecule has 1 atom stereocenters. The molecule has 15 heavy (non-hydrogen) atoms. The van der Waals surface area contributed by atoms with Crippen molar-refractivity contribution in [2.45, 2.75) is 36.1 Å². The summed E-state index contributed by atoms with van der Waals surface area (Å²) in [5.41, 5.74) is 1.56. The smallest absolute Gasteiger partial charge is 0.0108 e. The SMILES string of the molecule is c1ccc2c(c1)SCC2CNC1CCC1. The molecule has 1 saturated carbocycles. The van der Waals surface area contributed by atoms with E-state index in [2.05, 4.69) is 29.6 Å². The Labute approximate surface area is 95.6 Å². The molecule has 80 valence electrons. The van der Waals surface area contributed by atoms with Gasteiger partial charge in [0.2, 0.25) is 0 Å². The summed E-state index contributed by atoms with van der Waals surface area (Å²) < 4.78 is 0. The van der Waals surface area contributed by atoms with E-state index in [1.165, 1.54) is 36.5 Å². The summed E-state index contributed by atoms with van der Waals surface area (Å²) in [6.07, 6.45) is 4.21. The zero-order valence-electron chi connectivity index (χ0n) is 8.91. The van der Waals surface area contributed by atoms with Crippen molar-refractivity contribution in [2.75, 3.05) is 12.3 Å². The standard InChI is InChI=1S/C13H17NS/c1-2-7-13-12(6-1)10(9-15-13)8-14-11-4-3-5-11/h1-2,6-7,10-11,14H,3-5,8-9H2. The number of hydrogen-bond donors (Lipinski definition) is 1. The summed E-state index contributed by atoms with van der Waals surface area (Å²) in [6, 6.07) is 9.68. The fourth-order valence-electron chi connectivity index (χ4n) is 2.32. The van der Waals surface area contributed by atoms with Crippen LogP contribution in [0, 0.1) is 0 Å². The van der Waals surface area contributed by atoms with Gasteiger partial charge in [-0.1, -0.05) is 24.6 Å². The van der Waals surface area contributed by atoms with E-state index in [-0.39, 0.29) is 0 Å². The lowest BCUT2D eigenvalue weighted by molar-refractivity contribution is 0.335. The molecule has 1 heterocycles. The number of rotatable bonds is 3. The Hall–Kier alpha value is -0.470. The number of fused-ring (bicyclic) bond motifs is 1. The highest BCUT2D eigenvalue weighted by molar-refractivity contribution is 7.99. The first-order valence-corrected chi connectivity index (χ1v) is 6.87. The molecular weight excluding hydrogens is 202 g/mol. The average Bonchev–Trinajstić information content (AvgIpc) is 2.60. The van der Waals surface area contributed by atoms with Gasteiger partial charge in [0.15, 0.2) is 0 Å². The first kappa shape index (κ1) is 9.73. The molecule has 2 aliphatic rings. The molecular formula is C13H17NS. The Morgan fingerprint density at radius 2 is 2.13 bits per heavy atom. The van der Waals surface area contributed by atoms with Gasteiger partial charge in [-0.25, -0.2) is 0 Å². The summed E-state index contributed by atoms with van der Waals surface area (Å²) in [7, 11) is 0. The van der Waals surface area contributed by atoms with Crippen LogP contribution in [0.25, 0.3) is 0 Å². The maximum absolute atomic E-state index is 3.69. The molecule has 0 spiro atoms. The lowest BCUT2D eigenvalue weighted by Crippen LogP contribution is -2.37. The molecule has 0 saturated heterocycles. The molecule has 1 aromatic carbocycles. The van der Waals surface area contributed by atoms with Gasteiger partial charge < -0.3 is 5.32 Å². The van der Waals surface area contributed by atoms with E-state index in [1.807, 2.05) is 11.8 Å². The Morgan fingerprint density at radius 3 is 2.93 bits per heavy atom. The van der Waals surface area contributed by atoms with Crippen molar-refractivity contribution in [2.24, 2.45) is 0 Å². The fraction of sp³-hybridized carbons (Fsp3) is 0.538. The Morgan fingerprint density at radius 1 is 1.27 bits per heavy atom. The van der Waals surface area contributed by atoms with Crippen LogP contribution in [-0.2, 0) is 0 Å². The third-order valence-electron chi connectivity index (χ3n) is 3.56. The number of thioether (sulfide) groups is 1. The summed E-state index contributed by atoms with van der Waals surface area (Å²) in [6.45, 7) is 1.18. The van der Waals surface area contributed by atoms with Crippen LogP contribution in [0.15, 0.2) is 29.2 Å². The monoisotopic (exact) mass is 219 g/mol. The molecule has 1 aliphatic carbocycles. The predicted octanol–water partition coefficient (Wildman–Crippen LogP) is 3.02. The van der Waals surface area contributed by atoms with Gasteiger partial charge in [-0.3, -0.25) is 0 Å². The van der Waals surface area contributed by atoms with E-state index in [0.717, 1.165) is 12.0 Å². The molecule has 2 heteroatoms. The van der Waals surface area contributed by atoms with Gasteiger partial charge in [-0.05, 0) is 24.5 Å². The van der Waals surface area contributed by atoms with Gasteiger partial charge in [0.1, 0.15) is 0 Å². The second-order valence-corrected chi connectivity index (χ2v) is 5.64. The average molecular weight is 219 g/mol. The topological polar surface area (TPSA) is 12.0 Å². The maximum Gasteiger partial charge on any atom is 0.0108 e. The quantitative estimate of drug-likeness (QED) is 0.838. The van der Waals surface area contributed by atoms with Crippen molar-refractivity contribution in [3.63, 3.8) is 0 Å². The van der Waals surface area contributed by atoms with E-state index in [0.29, 0.717) is 0 Å². The number of benzene rings is 1. The Bertz CT molecular complexity index is 346. The largest absolute Gasteiger partial charge is 0.313 e. The number of nitrogens with one attached hydrogen (secondary N) is 1. The molecule has 0 bridgehead atoms. The summed E-state index contributed by atoms with van der Waals surface area (Å²) in [4.78, 5) is 1.50. The van der Waals surface area contributed by atoms with Gasteiger partial charge in [-0.2, -0.15) is 0 Å². The molecule has 1 unspecified atom stereocenters. The lowest BCUT2D eigenvalue weighted by Gasteiger charge is -2.28. The van der Waals surface area contributed by atoms with Gasteiger partial charge in [0.05, 0.1) is 0 Å². The van der Waals surface area contributed by atoms with E-state index in [1.54, 1.807) is 5.56 Å². The Balaban J connectivity index is 1.63. The number of hydrogen-bond acceptors (Lipinski definition) is 2. The maximum atomic E-state index is 3.69. The first-order chi connectivity index (χ1) is 7.43. The molecule has 1 fully saturated rings. The lowest BCUT2D eigenvalue weighted by atomic mass is 9.92. The van der Waals surface area contributed by atoms with Crippen LogP contribution in [0.4, 0.5) is 0 Å². The third-order valence-corrected chi connectivity index (χ3v) is 4.81. The molecule has 1 aliphatic heterocycles. The molecule has 1 nitrogen and oxygen atoms in total. The molecule has 3 rings (SSSR count). The minimum absolute atomic E-state index is 0.742. The van der Waals surface area contributed by atoms with E-state index in [4.69, 9.17) is 0 Å². The highest BCUT2D eigenvalue weighted by Crippen LogP contribution is 2.39. The van der Waals surface area contributed by atoms with Crippen LogP contribution in [0.5, 0.6) is 0 Å².